The highest BCUT2D eigenvalue weighted by atomic mass is 32.1. The molecule has 8 nitrogen and oxygen atoms in total. The van der Waals surface area contributed by atoms with E-state index in [0.717, 1.165) is 15.8 Å². The topological polar surface area (TPSA) is 133 Å². The van der Waals surface area contributed by atoms with E-state index >= 15 is 0 Å². The second kappa shape index (κ2) is 10.2. The molecule has 0 bridgehead atoms. The van der Waals surface area contributed by atoms with Gasteiger partial charge in [-0.05, 0) is 35.2 Å². The molecule has 0 spiro atoms. The molecule has 0 saturated heterocycles. The van der Waals surface area contributed by atoms with Crippen LogP contribution in [-0.2, 0) is 13.2 Å². The lowest BCUT2D eigenvalue weighted by atomic mass is 10.1. The van der Waals surface area contributed by atoms with Gasteiger partial charge in [-0.15, -0.1) is 11.3 Å². The number of anilines is 2. The summed E-state index contributed by atoms with van der Waals surface area (Å²) in [4.78, 5) is 16.6. The van der Waals surface area contributed by atoms with Gasteiger partial charge >= 0.3 is 0 Å². The zero-order valence-electron chi connectivity index (χ0n) is 17.8. The van der Waals surface area contributed by atoms with E-state index in [0.29, 0.717) is 40.6 Å². The molecule has 2 heterocycles. The van der Waals surface area contributed by atoms with Crippen molar-refractivity contribution in [2.45, 2.75) is 13.2 Å². The second-order valence-electron chi connectivity index (χ2n) is 7.30. The van der Waals surface area contributed by atoms with Gasteiger partial charge in [0, 0.05) is 35.4 Å². The van der Waals surface area contributed by atoms with Gasteiger partial charge in [-0.25, -0.2) is 4.98 Å². The molecule has 0 aliphatic carbocycles. The molecule has 0 atom stereocenters. The van der Waals surface area contributed by atoms with Crippen molar-refractivity contribution < 1.29 is 19.4 Å². The van der Waals surface area contributed by atoms with Crippen LogP contribution < -0.4 is 26.3 Å². The molecule has 0 aliphatic heterocycles. The molecule has 170 valence electrons. The number of nitrogens with zero attached hydrogens (tertiary/aromatic N) is 1. The van der Waals surface area contributed by atoms with Gasteiger partial charge in [0.15, 0.2) is 0 Å². The van der Waals surface area contributed by atoms with Crippen LogP contribution in [0, 0.1) is 0 Å². The third kappa shape index (κ3) is 5.33. The number of hydrogen-bond donors (Lipinski definition) is 4. The smallest absolute Gasteiger partial charge is 0.254 e. The highest BCUT2D eigenvalue weighted by molar-refractivity contribution is 7.17. The van der Waals surface area contributed by atoms with E-state index in [4.69, 9.17) is 26.0 Å². The van der Waals surface area contributed by atoms with E-state index in [1.54, 1.807) is 0 Å². The summed E-state index contributed by atoms with van der Waals surface area (Å²) in [6.45, 7) is 0.685. The summed E-state index contributed by atoms with van der Waals surface area (Å²) < 4.78 is 12.6. The van der Waals surface area contributed by atoms with E-state index in [9.17, 15) is 4.79 Å². The first kappa shape index (κ1) is 22.4. The molecular weight excluding hydrogens is 440 g/mol. The Labute approximate surface area is 194 Å². The number of aliphatic hydroxyl groups excluding tert-OH is 1. The van der Waals surface area contributed by atoms with Gasteiger partial charge in [0.05, 0.1) is 16.9 Å². The Balaban J connectivity index is 1.46. The van der Waals surface area contributed by atoms with Crippen molar-refractivity contribution in [2.24, 2.45) is 0 Å². The van der Waals surface area contributed by atoms with Crippen LogP contribution in [0.5, 0.6) is 11.5 Å². The average Bonchev–Trinajstić information content (AvgIpc) is 3.25. The highest BCUT2D eigenvalue weighted by Crippen LogP contribution is 2.33. The SMILES string of the molecule is Nc1cccc(COc2cccc(OCc3csc4c(C(=O)NCCO)cnc(N)c34)c2)c1. The molecule has 2 aromatic heterocycles. The molecule has 0 unspecified atom stereocenters. The molecule has 0 aliphatic rings. The minimum atomic E-state index is -0.305. The molecular formula is C24H24N4O4S. The molecule has 6 N–H and O–H groups in total. The number of aromatic nitrogens is 1. The predicted molar refractivity (Wildman–Crippen MR) is 129 cm³/mol. The summed E-state index contributed by atoms with van der Waals surface area (Å²) in [5.41, 5.74) is 14.8. The second-order valence-corrected chi connectivity index (χ2v) is 8.18. The van der Waals surface area contributed by atoms with E-state index in [1.165, 1.54) is 17.5 Å². The fraction of sp³-hybridized carbons (Fsp3) is 0.167. The maximum atomic E-state index is 12.4. The Morgan fingerprint density at radius 2 is 1.82 bits per heavy atom. The molecule has 1 amide bonds. The summed E-state index contributed by atoms with van der Waals surface area (Å²) >= 11 is 1.40. The Morgan fingerprint density at radius 1 is 1.06 bits per heavy atom. The number of aliphatic hydroxyl groups is 1. The number of fused-ring (bicyclic) bond motifs is 1. The van der Waals surface area contributed by atoms with Gasteiger partial charge in [0.1, 0.15) is 30.5 Å². The minimum Gasteiger partial charge on any atom is -0.489 e. The zero-order valence-corrected chi connectivity index (χ0v) is 18.6. The lowest BCUT2D eigenvalue weighted by molar-refractivity contribution is 0.0946. The summed E-state index contributed by atoms with van der Waals surface area (Å²) in [7, 11) is 0. The monoisotopic (exact) mass is 464 g/mol. The van der Waals surface area contributed by atoms with Crippen molar-refractivity contribution in [1.29, 1.82) is 0 Å². The van der Waals surface area contributed by atoms with E-state index < -0.39 is 0 Å². The molecule has 0 fully saturated rings. The van der Waals surface area contributed by atoms with Crippen LogP contribution in [-0.4, -0.2) is 29.1 Å². The van der Waals surface area contributed by atoms with Gasteiger partial charge in [0.2, 0.25) is 0 Å². The first-order valence-corrected chi connectivity index (χ1v) is 11.2. The fourth-order valence-electron chi connectivity index (χ4n) is 3.33. The summed E-state index contributed by atoms with van der Waals surface area (Å²) in [5.74, 6) is 1.35. The van der Waals surface area contributed by atoms with Crippen LogP contribution >= 0.6 is 11.3 Å². The fourth-order valence-corrected chi connectivity index (χ4v) is 4.40. The number of thiophene rings is 1. The summed E-state index contributed by atoms with van der Waals surface area (Å²) in [6.07, 6.45) is 1.45. The van der Waals surface area contributed by atoms with Crippen LogP contribution in [0.3, 0.4) is 0 Å². The number of hydrogen-bond acceptors (Lipinski definition) is 8. The van der Waals surface area contributed by atoms with Crippen molar-refractivity contribution in [3.63, 3.8) is 0 Å². The Hall–Kier alpha value is -3.82. The van der Waals surface area contributed by atoms with Crippen molar-refractivity contribution in [2.75, 3.05) is 24.6 Å². The number of nitrogens with one attached hydrogen (secondary N) is 1. The normalized spacial score (nSPS) is 10.8. The van der Waals surface area contributed by atoms with Gasteiger partial charge in [-0.3, -0.25) is 4.79 Å². The van der Waals surface area contributed by atoms with E-state index in [-0.39, 0.29) is 25.7 Å². The number of pyridine rings is 1. The molecule has 33 heavy (non-hydrogen) atoms. The van der Waals surface area contributed by atoms with Crippen LogP contribution in [0.15, 0.2) is 60.1 Å². The number of rotatable bonds is 9. The minimum absolute atomic E-state index is 0.136. The number of carbonyl (C=O) groups is 1. The number of nitrogen functional groups attached to an aromatic ring is 2. The largest absolute Gasteiger partial charge is 0.489 e. The zero-order chi connectivity index (χ0) is 23.2. The third-order valence-corrected chi connectivity index (χ3v) is 5.96. The predicted octanol–water partition coefficient (Wildman–Crippen LogP) is 3.34. The van der Waals surface area contributed by atoms with Crippen molar-refractivity contribution in [1.82, 2.24) is 10.3 Å². The number of amides is 1. The van der Waals surface area contributed by atoms with Gasteiger partial charge in [-0.1, -0.05) is 18.2 Å². The molecule has 9 heteroatoms. The Kier molecular flexibility index (Phi) is 6.92. The van der Waals surface area contributed by atoms with E-state index in [2.05, 4.69) is 10.3 Å². The van der Waals surface area contributed by atoms with E-state index in [1.807, 2.05) is 53.9 Å². The molecule has 4 rings (SSSR count). The van der Waals surface area contributed by atoms with Gasteiger partial charge in [0.25, 0.3) is 5.91 Å². The first-order valence-electron chi connectivity index (χ1n) is 10.3. The number of benzene rings is 2. The van der Waals surface area contributed by atoms with Gasteiger partial charge < -0.3 is 31.4 Å². The summed E-state index contributed by atoms with van der Waals surface area (Å²) in [5, 5.41) is 14.2. The maximum absolute atomic E-state index is 12.4. The molecule has 0 saturated carbocycles. The highest BCUT2D eigenvalue weighted by Gasteiger charge is 2.17. The van der Waals surface area contributed by atoms with Crippen LogP contribution in [0.4, 0.5) is 11.5 Å². The lowest BCUT2D eigenvalue weighted by Crippen LogP contribution is -2.26. The molecule has 4 aromatic rings. The maximum Gasteiger partial charge on any atom is 0.254 e. The lowest BCUT2D eigenvalue weighted by Gasteiger charge is -2.10. The number of nitrogens with two attached hydrogens (primary N) is 2. The third-order valence-electron chi connectivity index (χ3n) is 4.90. The molecule has 0 radical (unpaired) electrons. The number of carbonyl (C=O) groups excluding carboxylic acids is 1. The van der Waals surface area contributed by atoms with Crippen LogP contribution in [0.1, 0.15) is 21.5 Å². The average molecular weight is 465 g/mol. The quantitative estimate of drug-likeness (QED) is 0.279. The molecule has 2 aromatic carbocycles. The van der Waals surface area contributed by atoms with Gasteiger partial charge in [-0.2, -0.15) is 0 Å². The van der Waals surface area contributed by atoms with Crippen molar-refractivity contribution in [3.05, 3.63) is 76.8 Å². The van der Waals surface area contributed by atoms with Crippen LogP contribution in [0.2, 0.25) is 0 Å². The van der Waals surface area contributed by atoms with Crippen LogP contribution in [0.25, 0.3) is 10.1 Å². The Morgan fingerprint density at radius 3 is 2.58 bits per heavy atom. The Bertz CT molecular complexity index is 1270. The van der Waals surface area contributed by atoms with Crippen molar-refractivity contribution in [3.8, 4) is 11.5 Å². The first-order chi connectivity index (χ1) is 16.0. The number of ether oxygens (including phenoxy) is 2. The summed E-state index contributed by atoms with van der Waals surface area (Å²) in [6, 6.07) is 14.9. The van der Waals surface area contributed by atoms with Crippen molar-refractivity contribution >= 4 is 38.8 Å². The standard InChI is InChI=1S/C24H24N4O4S/c25-17-4-1-3-15(9-17)12-31-18-5-2-6-19(10-18)32-13-16-14-33-22-20(24(30)27-7-8-29)11-28-23(26)21(16)22/h1-6,9-11,14,29H,7-8,12-13,25H2,(H2,26,28)(H,27,30).